The van der Waals surface area contributed by atoms with Crippen LogP contribution in [-0.2, 0) is 9.53 Å². The van der Waals surface area contributed by atoms with Gasteiger partial charge in [-0.25, -0.2) is 0 Å². The normalized spacial score (nSPS) is 12.7. The third-order valence-corrected chi connectivity index (χ3v) is 2.61. The molecule has 15 heavy (non-hydrogen) atoms. The second-order valence-corrected chi connectivity index (χ2v) is 7.04. The number of amides is 1. The molecule has 0 bridgehead atoms. The van der Waals surface area contributed by atoms with Crippen molar-refractivity contribution >= 4 is 21.8 Å². The van der Waals surface area contributed by atoms with Crippen LogP contribution in [0.4, 0.5) is 0 Å². The van der Waals surface area contributed by atoms with E-state index < -0.39 is 4.32 Å². The van der Waals surface area contributed by atoms with Crippen molar-refractivity contribution < 1.29 is 9.53 Å². The maximum atomic E-state index is 11.6. The molecule has 0 aliphatic carbocycles. The number of carbonyl (C=O) groups is 1. The van der Waals surface area contributed by atoms with Crippen molar-refractivity contribution in [3.05, 3.63) is 0 Å². The highest BCUT2D eigenvalue weighted by molar-refractivity contribution is 9.10. The van der Waals surface area contributed by atoms with Crippen LogP contribution in [0.15, 0.2) is 0 Å². The topological polar surface area (TPSA) is 38.3 Å². The molecule has 0 saturated carbocycles. The summed E-state index contributed by atoms with van der Waals surface area (Å²) >= 11 is 3.33. The van der Waals surface area contributed by atoms with Gasteiger partial charge >= 0.3 is 0 Å². The van der Waals surface area contributed by atoms with E-state index in [2.05, 4.69) is 35.1 Å². The van der Waals surface area contributed by atoms with Crippen molar-refractivity contribution in [2.24, 2.45) is 5.41 Å². The molecular formula is C11H22BrNO2. The summed E-state index contributed by atoms with van der Waals surface area (Å²) in [5.41, 5.74) is 0.0733. The summed E-state index contributed by atoms with van der Waals surface area (Å²) in [6, 6.07) is 0. The fraction of sp³-hybridized carbons (Fsp3) is 0.909. The lowest BCUT2D eigenvalue weighted by Gasteiger charge is -2.26. The van der Waals surface area contributed by atoms with Gasteiger partial charge in [-0.3, -0.25) is 4.79 Å². The first-order chi connectivity index (χ1) is 6.69. The number of hydrogen-bond acceptors (Lipinski definition) is 2. The summed E-state index contributed by atoms with van der Waals surface area (Å²) in [5, 5.41) is 2.93. The van der Waals surface area contributed by atoms with Gasteiger partial charge in [0.1, 0.15) is 0 Å². The van der Waals surface area contributed by atoms with Gasteiger partial charge in [-0.15, -0.1) is 0 Å². The summed E-state index contributed by atoms with van der Waals surface area (Å²) in [4.78, 5) is 11.6. The molecule has 0 aliphatic heterocycles. The minimum absolute atomic E-state index is 0.0213. The van der Waals surface area contributed by atoms with Crippen LogP contribution in [0.25, 0.3) is 0 Å². The Hall–Kier alpha value is -0.0900. The second kappa shape index (κ2) is 5.85. The molecule has 3 nitrogen and oxygen atoms in total. The molecule has 90 valence electrons. The monoisotopic (exact) mass is 279 g/mol. The quantitative estimate of drug-likeness (QED) is 0.758. The molecular weight excluding hydrogens is 258 g/mol. The molecule has 0 rings (SSSR count). The Balaban J connectivity index is 3.98. The first-order valence-corrected chi connectivity index (χ1v) is 5.94. The number of methoxy groups -OCH3 is 1. The van der Waals surface area contributed by atoms with Gasteiger partial charge in [-0.2, -0.15) is 0 Å². The van der Waals surface area contributed by atoms with Gasteiger partial charge in [0.2, 0.25) is 5.91 Å². The summed E-state index contributed by atoms with van der Waals surface area (Å²) in [6.45, 7) is 9.31. The molecule has 0 aromatic rings. The Morgan fingerprint density at radius 2 is 1.87 bits per heavy atom. The number of carbonyl (C=O) groups excluding carboxylic acids is 1. The number of nitrogens with one attached hydrogen (secondary N) is 1. The number of ether oxygens (including phenoxy) is 1. The van der Waals surface area contributed by atoms with Gasteiger partial charge in [-0.05, 0) is 25.7 Å². The van der Waals surface area contributed by atoms with E-state index in [-0.39, 0.29) is 11.3 Å². The number of hydrogen-bond donors (Lipinski definition) is 1. The van der Waals surface area contributed by atoms with Crippen LogP contribution >= 0.6 is 15.9 Å². The van der Waals surface area contributed by atoms with E-state index in [1.54, 1.807) is 7.11 Å². The molecule has 0 heterocycles. The average molecular weight is 280 g/mol. The van der Waals surface area contributed by atoms with E-state index in [0.29, 0.717) is 6.54 Å². The first-order valence-electron chi connectivity index (χ1n) is 5.15. The lowest BCUT2D eigenvalue weighted by Crippen LogP contribution is -2.42. The Labute approximate surface area is 101 Å². The summed E-state index contributed by atoms with van der Waals surface area (Å²) in [5.74, 6) is 0.0213. The number of halogens is 1. The van der Waals surface area contributed by atoms with Crippen molar-refractivity contribution in [2.45, 2.75) is 38.4 Å². The molecule has 0 saturated heterocycles. The van der Waals surface area contributed by atoms with Gasteiger partial charge in [0, 0.05) is 20.3 Å². The molecule has 0 aliphatic rings. The van der Waals surface area contributed by atoms with E-state index >= 15 is 0 Å². The van der Waals surface area contributed by atoms with Crippen molar-refractivity contribution in [3.63, 3.8) is 0 Å². The van der Waals surface area contributed by atoms with Crippen molar-refractivity contribution in [2.75, 3.05) is 20.3 Å². The second-order valence-electron chi connectivity index (χ2n) is 5.06. The zero-order valence-corrected chi connectivity index (χ0v) is 11.9. The molecule has 0 aromatic heterocycles. The lowest BCUT2D eigenvalue weighted by molar-refractivity contribution is -0.123. The van der Waals surface area contributed by atoms with Crippen LogP contribution < -0.4 is 5.32 Å². The van der Waals surface area contributed by atoms with Gasteiger partial charge in [0.15, 0.2) is 0 Å². The standard InChI is InChI=1S/C11H22BrNO2/c1-10(2,6-7-15-5)8-13-9(14)11(3,4)12/h6-8H2,1-5H3,(H,13,14). The van der Waals surface area contributed by atoms with Crippen molar-refractivity contribution in [3.8, 4) is 0 Å². The van der Waals surface area contributed by atoms with E-state index in [9.17, 15) is 4.79 Å². The van der Waals surface area contributed by atoms with E-state index in [4.69, 9.17) is 4.74 Å². The number of rotatable bonds is 6. The third kappa shape index (κ3) is 6.90. The van der Waals surface area contributed by atoms with Crippen LogP contribution in [0.1, 0.15) is 34.1 Å². The Kier molecular flexibility index (Phi) is 5.81. The van der Waals surface area contributed by atoms with Gasteiger partial charge < -0.3 is 10.1 Å². The van der Waals surface area contributed by atoms with Crippen LogP contribution in [0.5, 0.6) is 0 Å². The number of alkyl halides is 1. The summed E-state index contributed by atoms with van der Waals surface area (Å²) in [6.07, 6.45) is 0.937. The molecule has 1 amide bonds. The molecule has 0 fully saturated rings. The molecule has 0 spiro atoms. The smallest absolute Gasteiger partial charge is 0.236 e. The predicted octanol–water partition coefficient (Wildman–Crippen LogP) is 2.34. The molecule has 0 atom stereocenters. The zero-order valence-electron chi connectivity index (χ0n) is 10.3. The fourth-order valence-corrected chi connectivity index (χ4v) is 1.14. The van der Waals surface area contributed by atoms with Crippen molar-refractivity contribution in [1.29, 1.82) is 0 Å². The fourth-order valence-electron chi connectivity index (χ4n) is 0.996. The van der Waals surface area contributed by atoms with E-state index in [1.165, 1.54) is 0 Å². The minimum atomic E-state index is -0.496. The summed E-state index contributed by atoms with van der Waals surface area (Å²) in [7, 11) is 1.69. The van der Waals surface area contributed by atoms with Gasteiger partial charge in [0.05, 0.1) is 4.32 Å². The van der Waals surface area contributed by atoms with Gasteiger partial charge in [0.25, 0.3) is 0 Å². The first kappa shape index (κ1) is 14.9. The molecule has 0 aromatic carbocycles. The van der Waals surface area contributed by atoms with Crippen LogP contribution in [-0.4, -0.2) is 30.5 Å². The lowest BCUT2D eigenvalue weighted by atomic mass is 9.89. The Bertz CT molecular complexity index is 209. The largest absolute Gasteiger partial charge is 0.385 e. The highest BCUT2D eigenvalue weighted by Gasteiger charge is 2.26. The van der Waals surface area contributed by atoms with E-state index in [1.807, 2.05) is 13.8 Å². The third-order valence-electron chi connectivity index (χ3n) is 2.25. The summed E-state index contributed by atoms with van der Waals surface area (Å²) < 4.78 is 4.53. The molecule has 1 N–H and O–H groups in total. The minimum Gasteiger partial charge on any atom is -0.385 e. The Morgan fingerprint density at radius 1 is 1.33 bits per heavy atom. The van der Waals surface area contributed by atoms with Gasteiger partial charge in [-0.1, -0.05) is 29.8 Å². The maximum Gasteiger partial charge on any atom is 0.236 e. The van der Waals surface area contributed by atoms with Crippen molar-refractivity contribution in [1.82, 2.24) is 5.32 Å². The SMILES string of the molecule is COCCC(C)(C)CNC(=O)C(C)(C)Br. The molecule has 0 radical (unpaired) electrons. The molecule has 4 heteroatoms. The average Bonchev–Trinajstić information content (AvgIpc) is 2.09. The van der Waals surface area contributed by atoms with Crippen LogP contribution in [0.2, 0.25) is 0 Å². The maximum absolute atomic E-state index is 11.6. The Morgan fingerprint density at radius 3 is 2.27 bits per heavy atom. The zero-order chi connectivity index (χ0) is 12.1. The predicted molar refractivity (Wildman–Crippen MR) is 66.3 cm³/mol. The van der Waals surface area contributed by atoms with Crippen LogP contribution in [0.3, 0.4) is 0 Å². The van der Waals surface area contributed by atoms with Crippen LogP contribution in [0, 0.1) is 5.41 Å². The highest BCUT2D eigenvalue weighted by Crippen LogP contribution is 2.20. The highest BCUT2D eigenvalue weighted by atomic mass is 79.9. The molecule has 0 unspecified atom stereocenters. The van der Waals surface area contributed by atoms with E-state index in [0.717, 1.165) is 13.0 Å².